The van der Waals surface area contributed by atoms with Crippen molar-refractivity contribution >= 4 is 24.3 Å². The molecule has 6 rings (SSSR count). The second-order valence-electron chi connectivity index (χ2n) is 12.2. The second-order valence-corrected chi connectivity index (χ2v) is 17.3. The van der Waals surface area contributed by atoms with E-state index in [2.05, 4.69) is 68.9 Å². The zero-order valence-electron chi connectivity index (χ0n) is 19.4. The summed E-state index contributed by atoms with van der Waals surface area (Å²) in [5, 5.41) is 23.0. The van der Waals surface area contributed by atoms with Crippen LogP contribution in [0.25, 0.3) is 11.0 Å². The van der Waals surface area contributed by atoms with E-state index in [1.807, 2.05) is 4.68 Å². The van der Waals surface area contributed by atoms with E-state index in [0.717, 1.165) is 48.6 Å². The first-order chi connectivity index (χ1) is 14.0. The van der Waals surface area contributed by atoms with E-state index in [-0.39, 0.29) is 5.60 Å². The van der Waals surface area contributed by atoms with Gasteiger partial charge in [-0.2, -0.15) is 0 Å². The molecule has 0 spiro atoms. The molecule has 30 heavy (non-hydrogen) atoms. The monoisotopic (exact) mass is 427 g/mol. The molecule has 164 valence electrons. The maximum Gasteiger partial charge on any atom is 0.182 e. The fourth-order valence-corrected chi connectivity index (χ4v) is 8.24. The van der Waals surface area contributed by atoms with Gasteiger partial charge in [-0.1, -0.05) is 37.0 Å². The molecule has 1 unspecified atom stereocenters. The summed E-state index contributed by atoms with van der Waals surface area (Å²) >= 11 is 0. The molecule has 0 saturated heterocycles. The van der Waals surface area contributed by atoms with Crippen LogP contribution in [-0.4, -0.2) is 39.4 Å². The summed E-state index contributed by atoms with van der Waals surface area (Å²) in [4.78, 5) is 0. The topological polar surface area (TPSA) is 60.2 Å². The molecule has 4 aliphatic carbocycles. The van der Waals surface area contributed by atoms with Gasteiger partial charge in [-0.3, -0.25) is 0 Å². The van der Waals surface area contributed by atoms with E-state index in [9.17, 15) is 5.11 Å². The minimum Gasteiger partial charge on any atom is -0.385 e. The number of aromatic nitrogens is 3. The standard InChI is InChI=1S/C24H37N3O2Si/c1-23(2,3)29-22(24(28)17-11-15-10-16(13-17)14-18(24)12-15)27-19-8-7-9-20(30(4,5)6)21(19)25-26-27/h7-9,15-18,22,28H,10-14H2,1-6H3. The van der Waals surface area contributed by atoms with Crippen molar-refractivity contribution in [1.29, 1.82) is 0 Å². The Morgan fingerprint density at radius 1 is 1.07 bits per heavy atom. The molecular formula is C24H37N3O2Si. The largest absolute Gasteiger partial charge is 0.385 e. The van der Waals surface area contributed by atoms with E-state index < -0.39 is 19.9 Å². The summed E-state index contributed by atoms with van der Waals surface area (Å²) in [5.74, 6) is 2.16. The van der Waals surface area contributed by atoms with Gasteiger partial charge >= 0.3 is 0 Å². The van der Waals surface area contributed by atoms with Crippen molar-refractivity contribution in [3.8, 4) is 0 Å². The first kappa shape index (κ1) is 20.6. The Morgan fingerprint density at radius 3 is 2.20 bits per heavy atom. The number of hydrogen-bond donors (Lipinski definition) is 1. The second kappa shape index (κ2) is 6.63. The molecule has 6 heteroatoms. The third-order valence-corrected chi connectivity index (χ3v) is 9.86. The number of ether oxygens (including phenoxy) is 1. The van der Waals surface area contributed by atoms with Gasteiger partial charge in [0.25, 0.3) is 0 Å². The summed E-state index contributed by atoms with van der Waals surface area (Å²) in [6.07, 6.45) is 5.36. The minimum absolute atomic E-state index is 0.292. The average molecular weight is 428 g/mol. The van der Waals surface area contributed by atoms with Crippen LogP contribution < -0.4 is 5.19 Å². The lowest BCUT2D eigenvalue weighted by molar-refractivity contribution is -0.278. The highest BCUT2D eigenvalue weighted by atomic mass is 28.3. The number of benzene rings is 1. The van der Waals surface area contributed by atoms with Crippen molar-refractivity contribution in [3.05, 3.63) is 18.2 Å². The fourth-order valence-electron chi connectivity index (χ4n) is 6.76. The molecule has 1 atom stereocenters. The molecule has 2 aromatic rings. The maximum absolute atomic E-state index is 12.4. The fraction of sp³-hybridized carbons (Fsp3) is 0.750. The highest BCUT2D eigenvalue weighted by Gasteiger charge is 2.61. The van der Waals surface area contributed by atoms with Crippen LogP contribution in [0.3, 0.4) is 0 Å². The lowest BCUT2D eigenvalue weighted by atomic mass is 9.49. The Labute approximate surface area is 181 Å². The Hall–Kier alpha value is -1.24. The van der Waals surface area contributed by atoms with Crippen LogP contribution in [0.4, 0.5) is 0 Å². The highest BCUT2D eigenvalue weighted by Crippen LogP contribution is 2.61. The third kappa shape index (κ3) is 3.18. The van der Waals surface area contributed by atoms with Gasteiger partial charge in [-0.25, -0.2) is 4.68 Å². The first-order valence-electron chi connectivity index (χ1n) is 11.7. The van der Waals surface area contributed by atoms with Crippen molar-refractivity contribution in [3.63, 3.8) is 0 Å². The summed E-state index contributed by atoms with van der Waals surface area (Å²) in [6.45, 7) is 13.3. The van der Waals surface area contributed by atoms with Crippen molar-refractivity contribution in [2.75, 3.05) is 0 Å². The lowest BCUT2D eigenvalue weighted by Gasteiger charge is -2.60. The number of nitrogens with zero attached hydrogens (tertiary/aromatic N) is 3. The Kier molecular flexibility index (Phi) is 4.56. The summed E-state index contributed by atoms with van der Waals surface area (Å²) in [5.41, 5.74) is 0.707. The predicted octanol–water partition coefficient (Wildman–Crippen LogP) is 4.48. The normalized spacial score (nSPS) is 34.6. The molecule has 5 nitrogen and oxygen atoms in total. The molecule has 4 saturated carbocycles. The quantitative estimate of drug-likeness (QED) is 0.731. The number of rotatable bonds is 4. The minimum atomic E-state index is -1.57. The zero-order valence-corrected chi connectivity index (χ0v) is 20.4. The number of aliphatic hydroxyl groups is 1. The van der Waals surface area contributed by atoms with Crippen molar-refractivity contribution in [2.45, 2.75) is 89.9 Å². The Bertz CT molecular complexity index is 927. The van der Waals surface area contributed by atoms with Crippen LogP contribution in [0, 0.1) is 23.7 Å². The number of fused-ring (bicyclic) bond motifs is 1. The number of hydrogen-bond acceptors (Lipinski definition) is 4. The highest BCUT2D eigenvalue weighted by molar-refractivity contribution is 6.90. The van der Waals surface area contributed by atoms with Gasteiger partial charge in [0.05, 0.1) is 19.2 Å². The van der Waals surface area contributed by atoms with Crippen LogP contribution in [0.1, 0.15) is 59.1 Å². The Morgan fingerprint density at radius 2 is 1.67 bits per heavy atom. The summed E-state index contributed by atoms with van der Waals surface area (Å²) in [7, 11) is -1.57. The van der Waals surface area contributed by atoms with Gasteiger partial charge < -0.3 is 9.84 Å². The van der Waals surface area contributed by atoms with Crippen LogP contribution in [-0.2, 0) is 4.74 Å². The van der Waals surface area contributed by atoms with Crippen LogP contribution in [0.15, 0.2) is 18.2 Å². The predicted molar refractivity (Wildman–Crippen MR) is 122 cm³/mol. The zero-order chi connectivity index (χ0) is 21.5. The maximum atomic E-state index is 12.4. The van der Waals surface area contributed by atoms with Gasteiger partial charge in [0.15, 0.2) is 6.23 Å². The van der Waals surface area contributed by atoms with E-state index >= 15 is 0 Å². The van der Waals surface area contributed by atoms with Crippen LogP contribution in [0.5, 0.6) is 0 Å². The molecule has 0 aliphatic heterocycles. The van der Waals surface area contributed by atoms with Gasteiger partial charge in [0.2, 0.25) is 0 Å². The molecule has 4 bridgehead atoms. The molecule has 4 aliphatic rings. The van der Waals surface area contributed by atoms with E-state index in [1.165, 1.54) is 11.6 Å². The van der Waals surface area contributed by atoms with Crippen LogP contribution >= 0.6 is 0 Å². The Balaban J connectivity index is 1.65. The molecule has 1 aromatic heterocycles. The van der Waals surface area contributed by atoms with Gasteiger partial charge in [0, 0.05) is 0 Å². The smallest absolute Gasteiger partial charge is 0.182 e. The molecular weight excluding hydrogens is 390 g/mol. The van der Waals surface area contributed by atoms with Crippen molar-refractivity contribution in [2.24, 2.45) is 23.7 Å². The first-order valence-corrected chi connectivity index (χ1v) is 15.2. The SMILES string of the molecule is CC(C)(C)OC(n1nnc2c([Si](C)(C)C)cccc21)C1(O)C2CC3CC(C2)CC1C3. The molecule has 0 radical (unpaired) electrons. The van der Waals surface area contributed by atoms with E-state index in [0.29, 0.717) is 11.8 Å². The molecule has 0 amide bonds. The third-order valence-electron chi connectivity index (χ3n) is 7.84. The molecule has 1 N–H and O–H groups in total. The van der Waals surface area contributed by atoms with E-state index in [4.69, 9.17) is 4.74 Å². The van der Waals surface area contributed by atoms with Crippen molar-refractivity contribution < 1.29 is 9.84 Å². The van der Waals surface area contributed by atoms with Gasteiger partial charge in [-0.15, -0.1) is 5.10 Å². The summed E-state index contributed by atoms with van der Waals surface area (Å²) in [6, 6.07) is 6.41. The van der Waals surface area contributed by atoms with Gasteiger partial charge in [0.1, 0.15) is 11.1 Å². The molecule has 1 aromatic carbocycles. The van der Waals surface area contributed by atoms with E-state index in [1.54, 1.807) is 0 Å². The van der Waals surface area contributed by atoms with Crippen molar-refractivity contribution in [1.82, 2.24) is 15.0 Å². The molecule has 1 heterocycles. The van der Waals surface area contributed by atoms with Gasteiger partial charge in [-0.05, 0) is 87.8 Å². The molecule has 4 fully saturated rings. The lowest BCUT2D eigenvalue weighted by Crippen LogP contribution is -2.62. The average Bonchev–Trinajstić information content (AvgIpc) is 3.05. The summed E-state index contributed by atoms with van der Waals surface area (Å²) < 4.78 is 8.59. The van der Waals surface area contributed by atoms with Crippen LogP contribution in [0.2, 0.25) is 19.6 Å².